The molecule has 2 aromatic rings. The van der Waals surface area contributed by atoms with Crippen LogP contribution in [-0.2, 0) is 32.0 Å². The number of aliphatic imine (C=N–C) groups is 1. The molecule has 1 saturated heterocycles. The quantitative estimate of drug-likeness (QED) is 0.539. The highest BCUT2D eigenvalue weighted by molar-refractivity contribution is 6.02. The van der Waals surface area contributed by atoms with Gasteiger partial charge < -0.3 is 30.5 Å². The van der Waals surface area contributed by atoms with Crippen molar-refractivity contribution in [1.82, 2.24) is 0 Å². The minimum atomic E-state index is -1.34. The van der Waals surface area contributed by atoms with Gasteiger partial charge in [-0.25, -0.2) is 0 Å². The smallest absolute Gasteiger partial charge is 0.310 e. The fraction of sp³-hybridized carbons (Fsp3) is 0.375. The maximum atomic E-state index is 12.7. The number of amides is 1. The second-order valence-electron chi connectivity index (χ2n) is 8.01. The molecule has 174 valence electrons. The van der Waals surface area contributed by atoms with E-state index in [1.165, 1.54) is 0 Å². The van der Waals surface area contributed by atoms with Crippen LogP contribution in [0.2, 0.25) is 0 Å². The summed E-state index contributed by atoms with van der Waals surface area (Å²) in [5.41, 5.74) is 9.94. The Hall–Kier alpha value is -3.43. The second kappa shape index (κ2) is 10.0. The molecule has 9 heteroatoms. The maximum absolute atomic E-state index is 12.7. The number of anilines is 2. The van der Waals surface area contributed by atoms with E-state index in [0.717, 1.165) is 22.4 Å². The van der Waals surface area contributed by atoms with Crippen LogP contribution in [0, 0.1) is 0 Å². The molecule has 2 aliphatic heterocycles. The van der Waals surface area contributed by atoms with Crippen LogP contribution < -0.4 is 16.0 Å². The molecule has 2 aliphatic rings. The first kappa shape index (κ1) is 22.8. The van der Waals surface area contributed by atoms with Crippen LogP contribution in [0.1, 0.15) is 23.6 Å². The van der Waals surface area contributed by atoms with Crippen LogP contribution in [0.3, 0.4) is 0 Å². The first-order chi connectivity index (χ1) is 15.9. The summed E-state index contributed by atoms with van der Waals surface area (Å²) in [6.07, 6.45) is -1.84. The van der Waals surface area contributed by atoms with Crippen LogP contribution >= 0.6 is 0 Å². The standard InChI is InChI=1S/C24H28N4O5/c1-2-32-21(29)11-15-4-3-5-18(10-15)28-8-9-33-20(14-28)22(30)24(31)27-17-6-7-19-16(12-17)13-26-23(19)25/h3-7,10,12,20,22,30H,2,8-9,11,13-14H2,1H3,(H2,25,26)(H,27,31). The third-order valence-corrected chi connectivity index (χ3v) is 5.71. The summed E-state index contributed by atoms with van der Waals surface area (Å²) in [6.45, 7) is 3.91. The molecule has 2 heterocycles. The van der Waals surface area contributed by atoms with Crippen molar-refractivity contribution in [3.05, 3.63) is 59.2 Å². The summed E-state index contributed by atoms with van der Waals surface area (Å²) < 4.78 is 10.7. The lowest BCUT2D eigenvalue weighted by molar-refractivity contribution is -0.142. The van der Waals surface area contributed by atoms with Gasteiger partial charge in [0, 0.05) is 30.0 Å². The number of benzene rings is 2. The number of rotatable bonds is 7. The molecule has 0 aliphatic carbocycles. The molecule has 2 aromatic carbocycles. The SMILES string of the molecule is CCOC(=O)Cc1cccc(N2CCOC(C(O)C(=O)Nc3ccc4c(c3)CN=C4N)C2)c1. The number of fused-ring (bicyclic) bond motifs is 1. The summed E-state index contributed by atoms with van der Waals surface area (Å²) in [6, 6.07) is 13.0. The van der Waals surface area contributed by atoms with Crippen molar-refractivity contribution < 1.29 is 24.2 Å². The average Bonchev–Trinajstić information content (AvgIpc) is 3.19. The molecule has 1 amide bonds. The topological polar surface area (TPSA) is 126 Å². The van der Waals surface area contributed by atoms with E-state index < -0.39 is 18.1 Å². The van der Waals surface area contributed by atoms with Crippen molar-refractivity contribution >= 4 is 29.1 Å². The molecule has 2 atom stereocenters. The average molecular weight is 453 g/mol. The molecule has 9 nitrogen and oxygen atoms in total. The van der Waals surface area contributed by atoms with E-state index in [0.29, 0.717) is 44.4 Å². The minimum absolute atomic E-state index is 0.192. The van der Waals surface area contributed by atoms with Gasteiger partial charge in [0.25, 0.3) is 5.91 Å². The maximum Gasteiger partial charge on any atom is 0.310 e. The highest BCUT2D eigenvalue weighted by atomic mass is 16.5. The van der Waals surface area contributed by atoms with Crippen LogP contribution in [0.25, 0.3) is 0 Å². The Balaban J connectivity index is 1.38. The summed E-state index contributed by atoms with van der Waals surface area (Å²) in [4.78, 5) is 30.7. The van der Waals surface area contributed by atoms with Crippen molar-refractivity contribution in [1.29, 1.82) is 0 Å². The van der Waals surface area contributed by atoms with Crippen LogP contribution in [0.5, 0.6) is 0 Å². The number of ether oxygens (including phenoxy) is 2. The highest BCUT2D eigenvalue weighted by Crippen LogP contribution is 2.23. The Bertz CT molecular complexity index is 1070. The van der Waals surface area contributed by atoms with E-state index in [-0.39, 0.29) is 12.4 Å². The summed E-state index contributed by atoms with van der Waals surface area (Å²) in [7, 11) is 0. The number of amidine groups is 1. The van der Waals surface area contributed by atoms with Crippen molar-refractivity contribution in [2.75, 3.05) is 36.5 Å². The Kier molecular flexibility index (Phi) is 6.90. The zero-order valence-corrected chi connectivity index (χ0v) is 18.5. The number of esters is 1. The van der Waals surface area contributed by atoms with Crippen molar-refractivity contribution in [2.24, 2.45) is 10.7 Å². The molecule has 1 fully saturated rings. The number of hydrogen-bond donors (Lipinski definition) is 3. The van der Waals surface area contributed by atoms with Gasteiger partial charge >= 0.3 is 5.97 Å². The Morgan fingerprint density at radius 1 is 1.33 bits per heavy atom. The van der Waals surface area contributed by atoms with Gasteiger partial charge in [-0.1, -0.05) is 12.1 Å². The zero-order chi connectivity index (χ0) is 23.4. The second-order valence-corrected chi connectivity index (χ2v) is 8.01. The van der Waals surface area contributed by atoms with Crippen molar-refractivity contribution in [2.45, 2.75) is 32.1 Å². The van der Waals surface area contributed by atoms with Crippen LogP contribution in [0.4, 0.5) is 11.4 Å². The van der Waals surface area contributed by atoms with E-state index in [4.69, 9.17) is 15.2 Å². The van der Waals surface area contributed by atoms with Gasteiger partial charge in [0.05, 0.1) is 26.2 Å². The third-order valence-electron chi connectivity index (χ3n) is 5.71. The molecule has 0 radical (unpaired) electrons. The number of nitrogens with one attached hydrogen (secondary N) is 1. The molecular formula is C24H28N4O5. The highest BCUT2D eigenvalue weighted by Gasteiger charge is 2.32. The molecule has 2 unspecified atom stereocenters. The van der Waals surface area contributed by atoms with E-state index in [1.54, 1.807) is 13.0 Å². The number of aliphatic hydroxyl groups is 1. The molecule has 0 spiro atoms. The van der Waals surface area contributed by atoms with E-state index in [1.807, 2.05) is 41.3 Å². The first-order valence-corrected chi connectivity index (χ1v) is 11.0. The van der Waals surface area contributed by atoms with Gasteiger partial charge in [0.15, 0.2) is 6.10 Å². The first-order valence-electron chi connectivity index (χ1n) is 11.0. The molecule has 33 heavy (non-hydrogen) atoms. The number of carbonyl (C=O) groups excluding carboxylic acids is 2. The number of carbonyl (C=O) groups is 2. The van der Waals surface area contributed by atoms with Gasteiger partial charge in [0.2, 0.25) is 0 Å². The molecule has 4 rings (SSSR count). The predicted molar refractivity (Wildman–Crippen MR) is 124 cm³/mol. The lowest BCUT2D eigenvalue weighted by Gasteiger charge is -2.36. The molecule has 0 aromatic heterocycles. The normalized spacial score (nSPS) is 18.3. The van der Waals surface area contributed by atoms with E-state index in [2.05, 4.69) is 10.3 Å². The minimum Gasteiger partial charge on any atom is -0.466 e. The van der Waals surface area contributed by atoms with Gasteiger partial charge in [-0.15, -0.1) is 0 Å². The number of hydrogen-bond acceptors (Lipinski definition) is 8. The van der Waals surface area contributed by atoms with Crippen molar-refractivity contribution in [3.8, 4) is 0 Å². The summed E-state index contributed by atoms with van der Waals surface area (Å²) >= 11 is 0. The largest absolute Gasteiger partial charge is 0.466 e. The van der Waals surface area contributed by atoms with Gasteiger partial charge in [-0.05, 0) is 48.4 Å². The van der Waals surface area contributed by atoms with Crippen LogP contribution in [0.15, 0.2) is 47.5 Å². The molecule has 4 N–H and O–H groups in total. The lowest BCUT2D eigenvalue weighted by atomic mass is 10.1. The van der Waals surface area contributed by atoms with Gasteiger partial charge in [0.1, 0.15) is 11.9 Å². The molecular weight excluding hydrogens is 424 g/mol. The lowest BCUT2D eigenvalue weighted by Crippen LogP contribution is -2.51. The van der Waals surface area contributed by atoms with E-state index >= 15 is 0 Å². The number of morpholine rings is 1. The van der Waals surface area contributed by atoms with Gasteiger partial charge in [-0.3, -0.25) is 14.6 Å². The van der Waals surface area contributed by atoms with E-state index in [9.17, 15) is 14.7 Å². The Morgan fingerprint density at radius 3 is 3.00 bits per heavy atom. The van der Waals surface area contributed by atoms with Gasteiger partial charge in [-0.2, -0.15) is 0 Å². The Labute approximate surface area is 192 Å². The number of aliphatic hydroxyl groups excluding tert-OH is 1. The fourth-order valence-corrected chi connectivity index (χ4v) is 4.04. The van der Waals surface area contributed by atoms with Crippen molar-refractivity contribution in [3.63, 3.8) is 0 Å². The molecule has 0 bridgehead atoms. The Morgan fingerprint density at radius 2 is 2.18 bits per heavy atom. The number of nitrogens with two attached hydrogens (primary N) is 1. The predicted octanol–water partition coefficient (Wildman–Crippen LogP) is 1.22. The monoisotopic (exact) mass is 452 g/mol. The van der Waals surface area contributed by atoms with Crippen LogP contribution in [-0.4, -0.2) is 61.3 Å². The number of nitrogens with zero attached hydrogens (tertiary/aromatic N) is 2. The summed E-state index contributed by atoms with van der Waals surface area (Å²) in [5.74, 6) is -0.322. The fourth-order valence-electron chi connectivity index (χ4n) is 4.04. The zero-order valence-electron chi connectivity index (χ0n) is 18.5. The third kappa shape index (κ3) is 5.32. The molecule has 0 saturated carbocycles. The summed E-state index contributed by atoms with van der Waals surface area (Å²) in [5, 5.41) is 13.4.